The number of hydrogen-bond donors (Lipinski definition) is 0. The second-order valence-corrected chi connectivity index (χ2v) is 5.31. The van der Waals surface area contributed by atoms with Crippen molar-refractivity contribution >= 4 is 23.2 Å². The topological polar surface area (TPSA) is 0 Å². The van der Waals surface area contributed by atoms with E-state index >= 15 is 0 Å². The molecule has 0 aliphatic carbocycles. The maximum Gasteiger partial charge on any atom is 0.0628 e. The fraction of sp³-hybridized carbons (Fsp3) is 0.250. The third-order valence-corrected chi connectivity index (χ3v) is 3.74. The molecule has 2 aromatic carbocycles. The maximum absolute atomic E-state index is 6.53. The summed E-state index contributed by atoms with van der Waals surface area (Å²) in [5.74, 6) is 0. The van der Waals surface area contributed by atoms with Gasteiger partial charge in [0.2, 0.25) is 0 Å². The van der Waals surface area contributed by atoms with Crippen molar-refractivity contribution in [2.45, 2.75) is 25.1 Å². The van der Waals surface area contributed by atoms with Crippen molar-refractivity contribution in [3.8, 4) is 0 Å². The lowest BCUT2D eigenvalue weighted by molar-refractivity contribution is 0.896. The molecule has 0 nitrogen and oxygen atoms in total. The van der Waals surface area contributed by atoms with Gasteiger partial charge < -0.3 is 0 Å². The molecule has 0 spiro atoms. The first-order chi connectivity index (χ1) is 8.70. The van der Waals surface area contributed by atoms with Crippen LogP contribution in [0.5, 0.6) is 0 Å². The number of rotatable bonds is 4. The molecule has 0 aliphatic rings. The van der Waals surface area contributed by atoms with Gasteiger partial charge in [-0.25, -0.2) is 0 Å². The fourth-order valence-electron chi connectivity index (χ4n) is 2.10. The summed E-state index contributed by atoms with van der Waals surface area (Å²) in [7, 11) is 0. The lowest BCUT2D eigenvalue weighted by atomic mass is 9.98. The molecule has 18 heavy (non-hydrogen) atoms. The average Bonchev–Trinajstić information content (AvgIpc) is 2.41. The smallest absolute Gasteiger partial charge is 0.0628 e. The van der Waals surface area contributed by atoms with Crippen LogP contribution in [0.2, 0.25) is 5.02 Å². The first-order valence-electron chi connectivity index (χ1n) is 6.17. The van der Waals surface area contributed by atoms with E-state index in [4.69, 9.17) is 23.2 Å². The van der Waals surface area contributed by atoms with E-state index in [2.05, 4.69) is 25.1 Å². The first-order valence-corrected chi connectivity index (χ1v) is 6.98. The van der Waals surface area contributed by atoms with Crippen molar-refractivity contribution in [1.29, 1.82) is 0 Å². The lowest BCUT2D eigenvalue weighted by Crippen LogP contribution is -2.00. The number of benzene rings is 2. The van der Waals surface area contributed by atoms with Crippen molar-refractivity contribution in [2.75, 3.05) is 0 Å². The van der Waals surface area contributed by atoms with E-state index in [-0.39, 0.29) is 5.38 Å². The van der Waals surface area contributed by atoms with E-state index in [1.807, 2.05) is 30.3 Å². The highest BCUT2D eigenvalue weighted by Gasteiger charge is 2.12. The number of halogens is 2. The van der Waals surface area contributed by atoms with Gasteiger partial charge in [-0.1, -0.05) is 54.9 Å². The Balaban J connectivity index is 2.16. The van der Waals surface area contributed by atoms with Gasteiger partial charge in [0.25, 0.3) is 0 Å². The first kappa shape index (κ1) is 13.5. The Morgan fingerprint density at radius 1 is 1.00 bits per heavy atom. The number of alkyl halides is 1. The summed E-state index contributed by atoms with van der Waals surface area (Å²) in [4.78, 5) is 0. The zero-order valence-electron chi connectivity index (χ0n) is 10.4. The molecule has 0 heterocycles. The molecular formula is C16H16Cl2. The Hall–Kier alpha value is -0.980. The lowest BCUT2D eigenvalue weighted by Gasteiger charge is -2.14. The van der Waals surface area contributed by atoms with Crippen molar-refractivity contribution in [2.24, 2.45) is 0 Å². The van der Waals surface area contributed by atoms with Crippen molar-refractivity contribution in [1.82, 2.24) is 0 Å². The molecule has 0 bridgehead atoms. The van der Waals surface area contributed by atoms with E-state index in [0.29, 0.717) is 0 Å². The van der Waals surface area contributed by atoms with Crippen LogP contribution in [-0.4, -0.2) is 0 Å². The van der Waals surface area contributed by atoms with Crippen LogP contribution in [0.4, 0.5) is 0 Å². The average molecular weight is 279 g/mol. The van der Waals surface area contributed by atoms with E-state index in [0.717, 1.165) is 17.9 Å². The van der Waals surface area contributed by atoms with Crippen LogP contribution in [0.1, 0.15) is 29.0 Å². The van der Waals surface area contributed by atoms with Gasteiger partial charge in [-0.3, -0.25) is 0 Å². The summed E-state index contributed by atoms with van der Waals surface area (Å²) in [6, 6.07) is 16.3. The summed E-state index contributed by atoms with van der Waals surface area (Å²) in [6.45, 7) is 2.16. The Kier molecular flexibility index (Phi) is 4.68. The standard InChI is InChI=1S/C16H16Cl2/c1-2-13-5-3-4-6-15(13)16(18)11-12-7-9-14(17)10-8-12/h3-10,16H,2,11H2,1H3. The second kappa shape index (κ2) is 6.26. The van der Waals surface area contributed by atoms with Crippen LogP contribution in [0, 0.1) is 0 Å². The Morgan fingerprint density at radius 2 is 1.67 bits per heavy atom. The van der Waals surface area contributed by atoms with Crippen LogP contribution in [0.3, 0.4) is 0 Å². The van der Waals surface area contributed by atoms with E-state index in [1.54, 1.807) is 0 Å². The molecule has 1 unspecified atom stereocenters. The van der Waals surface area contributed by atoms with Crippen LogP contribution in [0.25, 0.3) is 0 Å². The number of aryl methyl sites for hydroxylation is 1. The van der Waals surface area contributed by atoms with E-state index in [9.17, 15) is 0 Å². The van der Waals surface area contributed by atoms with E-state index < -0.39 is 0 Å². The number of hydrogen-bond acceptors (Lipinski definition) is 0. The van der Waals surface area contributed by atoms with Crippen LogP contribution >= 0.6 is 23.2 Å². The van der Waals surface area contributed by atoms with Crippen LogP contribution in [0.15, 0.2) is 48.5 Å². The minimum atomic E-state index is 0.0160. The molecule has 0 fully saturated rings. The van der Waals surface area contributed by atoms with Crippen LogP contribution < -0.4 is 0 Å². The fourth-order valence-corrected chi connectivity index (χ4v) is 2.62. The molecule has 0 radical (unpaired) electrons. The van der Waals surface area contributed by atoms with Gasteiger partial charge in [-0.05, 0) is 41.7 Å². The zero-order chi connectivity index (χ0) is 13.0. The van der Waals surface area contributed by atoms with Gasteiger partial charge in [-0.2, -0.15) is 0 Å². The zero-order valence-corrected chi connectivity index (χ0v) is 11.9. The largest absolute Gasteiger partial charge is 0.117 e. The molecule has 0 aromatic heterocycles. The third-order valence-electron chi connectivity index (χ3n) is 3.10. The molecule has 0 aliphatic heterocycles. The quantitative estimate of drug-likeness (QED) is 0.655. The summed E-state index contributed by atoms with van der Waals surface area (Å²) in [5.41, 5.74) is 3.77. The predicted molar refractivity (Wildman–Crippen MR) is 79.6 cm³/mol. The molecule has 2 rings (SSSR count). The van der Waals surface area contributed by atoms with Crippen LogP contribution in [-0.2, 0) is 12.8 Å². The van der Waals surface area contributed by atoms with Gasteiger partial charge in [0.1, 0.15) is 0 Å². The molecule has 1 atom stereocenters. The predicted octanol–water partition coefficient (Wildman–Crippen LogP) is 5.43. The molecule has 0 saturated carbocycles. The minimum absolute atomic E-state index is 0.0160. The van der Waals surface area contributed by atoms with Gasteiger partial charge in [0, 0.05) is 5.02 Å². The van der Waals surface area contributed by atoms with Gasteiger partial charge in [0.15, 0.2) is 0 Å². The summed E-state index contributed by atoms with van der Waals surface area (Å²) in [5, 5.41) is 0.779. The monoisotopic (exact) mass is 278 g/mol. The normalized spacial score (nSPS) is 12.4. The Morgan fingerprint density at radius 3 is 2.33 bits per heavy atom. The van der Waals surface area contributed by atoms with Gasteiger partial charge >= 0.3 is 0 Å². The van der Waals surface area contributed by atoms with Gasteiger partial charge in [-0.15, -0.1) is 11.6 Å². The van der Waals surface area contributed by atoms with Crippen molar-refractivity contribution < 1.29 is 0 Å². The Bertz CT molecular complexity index is 503. The molecule has 0 N–H and O–H groups in total. The molecular weight excluding hydrogens is 263 g/mol. The SMILES string of the molecule is CCc1ccccc1C(Cl)Cc1ccc(Cl)cc1. The summed E-state index contributed by atoms with van der Waals surface area (Å²) in [6.07, 6.45) is 1.84. The van der Waals surface area contributed by atoms with E-state index in [1.165, 1.54) is 16.7 Å². The van der Waals surface area contributed by atoms with Crippen molar-refractivity contribution in [3.63, 3.8) is 0 Å². The highest BCUT2D eigenvalue weighted by molar-refractivity contribution is 6.30. The summed E-state index contributed by atoms with van der Waals surface area (Å²) < 4.78 is 0. The third kappa shape index (κ3) is 3.28. The van der Waals surface area contributed by atoms with Crippen molar-refractivity contribution in [3.05, 3.63) is 70.2 Å². The maximum atomic E-state index is 6.53. The minimum Gasteiger partial charge on any atom is -0.117 e. The molecule has 0 amide bonds. The molecule has 0 saturated heterocycles. The Labute approximate surface area is 119 Å². The molecule has 2 aromatic rings. The molecule has 2 heteroatoms. The highest BCUT2D eigenvalue weighted by atomic mass is 35.5. The van der Waals surface area contributed by atoms with Gasteiger partial charge in [0.05, 0.1) is 5.38 Å². The second-order valence-electron chi connectivity index (χ2n) is 4.35. The summed E-state index contributed by atoms with van der Waals surface area (Å²) >= 11 is 12.4. The molecule has 94 valence electrons. The highest BCUT2D eigenvalue weighted by Crippen LogP contribution is 2.28.